The van der Waals surface area contributed by atoms with E-state index in [0.29, 0.717) is 6.54 Å². The Morgan fingerprint density at radius 2 is 1.90 bits per heavy atom. The summed E-state index contributed by atoms with van der Waals surface area (Å²) in [4.78, 5) is 10.3. The van der Waals surface area contributed by atoms with Crippen LogP contribution in [0.3, 0.4) is 0 Å². The van der Waals surface area contributed by atoms with Gasteiger partial charge in [-0.05, 0) is 29.8 Å². The largest absolute Gasteiger partial charge is 0.497 e. The number of non-ortho nitro benzene ring substituents is 1. The molecule has 3 aromatic rings. The molecule has 0 atom stereocenters. The highest BCUT2D eigenvalue weighted by molar-refractivity contribution is 5.81. The summed E-state index contributed by atoms with van der Waals surface area (Å²) in [5, 5.41) is 11.8. The van der Waals surface area contributed by atoms with Crippen LogP contribution in [-0.2, 0) is 6.54 Å². The minimum absolute atomic E-state index is 0.112. The monoisotopic (exact) mass is 282 g/mol. The lowest BCUT2D eigenvalue weighted by Crippen LogP contribution is -1.98. The quantitative estimate of drug-likeness (QED) is 0.542. The lowest BCUT2D eigenvalue weighted by Gasteiger charge is -2.06. The summed E-state index contributed by atoms with van der Waals surface area (Å²) in [6.07, 6.45) is 2.01. The molecule has 21 heavy (non-hydrogen) atoms. The van der Waals surface area contributed by atoms with Crippen LogP contribution in [0.1, 0.15) is 5.56 Å². The lowest BCUT2D eigenvalue weighted by atomic mass is 10.2. The molecule has 1 heterocycles. The summed E-state index contributed by atoms with van der Waals surface area (Å²) in [5.74, 6) is 0.829. The summed E-state index contributed by atoms with van der Waals surface area (Å²) >= 11 is 0. The molecule has 2 aromatic carbocycles. The van der Waals surface area contributed by atoms with Crippen LogP contribution in [0.2, 0.25) is 0 Å². The van der Waals surface area contributed by atoms with Crippen LogP contribution in [0, 0.1) is 10.1 Å². The number of ether oxygens (including phenoxy) is 1. The van der Waals surface area contributed by atoms with Crippen molar-refractivity contribution in [2.75, 3.05) is 7.11 Å². The Bertz CT molecular complexity index is 791. The average Bonchev–Trinajstić information content (AvgIpc) is 2.90. The molecule has 0 aliphatic carbocycles. The summed E-state index contributed by atoms with van der Waals surface area (Å²) in [5.41, 5.74) is 2.24. The maximum Gasteiger partial charge on any atom is 0.269 e. The van der Waals surface area contributed by atoms with Gasteiger partial charge in [0.25, 0.3) is 5.69 Å². The van der Waals surface area contributed by atoms with E-state index in [1.165, 1.54) is 12.1 Å². The van der Waals surface area contributed by atoms with Gasteiger partial charge in [0.1, 0.15) is 5.75 Å². The molecule has 0 unspecified atom stereocenters. The number of benzene rings is 2. The van der Waals surface area contributed by atoms with Crippen molar-refractivity contribution in [1.82, 2.24) is 4.57 Å². The molecule has 0 aliphatic heterocycles. The molecule has 0 saturated heterocycles. The Hall–Kier alpha value is -2.82. The van der Waals surface area contributed by atoms with Gasteiger partial charge < -0.3 is 9.30 Å². The topological polar surface area (TPSA) is 57.3 Å². The zero-order valence-electron chi connectivity index (χ0n) is 11.5. The van der Waals surface area contributed by atoms with Crippen LogP contribution in [-0.4, -0.2) is 16.6 Å². The first-order valence-corrected chi connectivity index (χ1v) is 6.53. The van der Waals surface area contributed by atoms with Crippen LogP contribution in [0.15, 0.2) is 54.7 Å². The highest BCUT2D eigenvalue weighted by Crippen LogP contribution is 2.23. The van der Waals surface area contributed by atoms with Gasteiger partial charge in [-0.15, -0.1) is 0 Å². The zero-order valence-corrected chi connectivity index (χ0v) is 11.5. The standard InChI is InChI=1S/C16H14N2O3/c1-21-15-6-7-16-13(10-15)8-9-17(16)11-12-2-4-14(5-3-12)18(19)20/h2-10H,11H2,1H3. The number of nitro benzene ring substituents is 1. The van der Waals surface area contributed by atoms with Crippen molar-refractivity contribution in [1.29, 1.82) is 0 Å². The third-order valence-corrected chi connectivity index (χ3v) is 3.48. The van der Waals surface area contributed by atoms with Crippen molar-refractivity contribution in [3.05, 3.63) is 70.4 Å². The van der Waals surface area contributed by atoms with E-state index in [4.69, 9.17) is 4.74 Å². The number of hydrogen-bond donors (Lipinski definition) is 0. The lowest BCUT2D eigenvalue weighted by molar-refractivity contribution is -0.384. The number of rotatable bonds is 4. The highest BCUT2D eigenvalue weighted by Gasteiger charge is 2.06. The minimum atomic E-state index is -0.388. The van der Waals surface area contributed by atoms with E-state index < -0.39 is 0 Å². The number of methoxy groups -OCH3 is 1. The van der Waals surface area contributed by atoms with E-state index in [1.54, 1.807) is 19.2 Å². The van der Waals surface area contributed by atoms with Crippen molar-refractivity contribution in [3.63, 3.8) is 0 Å². The summed E-state index contributed by atoms with van der Waals surface area (Å²) < 4.78 is 7.32. The Morgan fingerprint density at radius 3 is 2.57 bits per heavy atom. The average molecular weight is 282 g/mol. The van der Waals surface area contributed by atoms with Crippen LogP contribution < -0.4 is 4.74 Å². The molecule has 0 spiro atoms. The third kappa shape index (κ3) is 2.58. The molecule has 0 radical (unpaired) electrons. The minimum Gasteiger partial charge on any atom is -0.497 e. The van der Waals surface area contributed by atoms with Gasteiger partial charge in [-0.25, -0.2) is 0 Å². The first-order chi connectivity index (χ1) is 10.2. The molecule has 0 fully saturated rings. The molecule has 106 valence electrons. The van der Waals surface area contributed by atoms with E-state index in [1.807, 2.05) is 30.5 Å². The van der Waals surface area contributed by atoms with Gasteiger partial charge in [0.2, 0.25) is 0 Å². The number of nitro groups is 1. The molecular formula is C16H14N2O3. The summed E-state index contributed by atoms with van der Waals surface area (Å²) in [7, 11) is 1.65. The van der Waals surface area contributed by atoms with Crippen molar-refractivity contribution >= 4 is 16.6 Å². The molecular weight excluding hydrogens is 268 g/mol. The predicted molar refractivity (Wildman–Crippen MR) is 80.7 cm³/mol. The first kappa shape index (κ1) is 13.2. The van der Waals surface area contributed by atoms with Gasteiger partial charge in [-0.1, -0.05) is 12.1 Å². The molecule has 0 bridgehead atoms. The summed E-state index contributed by atoms with van der Waals surface area (Å²) in [6.45, 7) is 0.674. The van der Waals surface area contributed by atoms with Crippen molar-refractivity contribution in [3.8, 4) is 5.75 Å². The number of fused-ring (bicyclic) bond motifs is 1. The Balaban J connectivity index is 1.89. The predicted octanol–water partition coefficient (Wildman–Crippen LogP) is 3.61. The fourth-order valence-corrected chi connectivity index (χ4v) is 2.36. The van der Waals surface area contributed by atoms with Gasteiger partial charge in [-0.3, -0.25) is 10.1 Å². The Morgan fingerprint density at radius 1 is 1.14 bits per heavy atom. The molecule has 1 aromatic heterocycles. The van der Waals surface area contributed by atoms with Gasteiger partial charge in [0, 0.05) is 35.8 Å². The maximum atomic E-state index is 10.7. The van der Waals surface area contributed by atoms with Crippen LogP contribution in [0.5, 0.6) is 5.75 Å². The molecule has 5 heteroatoms. The van der Waals surface area contributed by atoms with E-state index in [-0.39, 0.29) is 10.6 Å². The van der Waals surface area contributed by atoms with Crippen molar-refractivity contribution in [2.45, 2.75) is 6.54 Å². The SMILES string of the molecule is COc1ccc2c(ccn2Cc2ccc([N+](=O)[O-])cc2)c1. The van der Waals surface area contributed by atoms with Gasteiger partial charge in [0.15, 0.2) is 0 Å². The summed E-state index contributed by atoms with van der Waals surface area (Å²) in [6, 6.07) is 14.6. The Kier molecular flexibility index (Phi) is 3.31. The maximum absolute atomic E-state index is 10.7. The second-order valence-electron chi connectivity index (χ2n) is 4.79. The van der Waals surface area contributed by atoms with Crippen LogP contribution in [0.25, 0.3) is 10.9 Å². The van der Waals surface area contributed by atoms with Gasteiger partial charge in [0.05, 0.1) is 12.0 Å². The zero-order chi connectivity index (χ0) is 14.8. The molecule has 5 nitrogen and oxygen atoms in total. The van der Waals surface area contributed by atoms with Gasteiger partial charge >= 0.3 is 0 Å². The van der Waals surface area contributed by atoms with Gasteiger partial charge in [-0.2, -0.15) is 0 Å². The van der Waals surface area contributed by atoms with Crippen LogP contribution >= 0.6 is 0 Å². The highest BCUT2D eigenvalue weighted by atomic mass is 16.6. The second-order valence-corrected chi connectivity index (χ2v) is 4.79. The van der Waals surface area contributed by atoms with E-state index >= 15 is 0 Å². The smallest absolute Gasteiger partial charge is 0.269 e. The number of aromatic nitrogens is 1. The van der Waals surface area contributed by atoms with E-state index in [9.17, 15) is 10.1 Å². The van der Waals surface area contributed by atoms with E-state index in [2.05, 4.69) is 4.57 Å². The molecule has 0 amide bonds. The van der Waals surface area contributed by atoms with E-state index in [0.717, 1.165) is 22.2 Å². The second kappa shape index (κ2) is 5.28. The normalized spacial score (nSPS) is 10.7. The van der Waals surface area contributed by atoms with Crippen LogP contribution in [0.4, 0.5) is 5.69 Å². The fourth-order valence-electron chi connectivity index (χ4n) is 2.36. The molecule has 0 aliphatic rings. The molecule has 3 rings (SSSR count). The number of hydrogen-bond acceptors (Lipinski definition) is 3. The van der Waals surface area contributed by atoms with Crippen molar-refractivity contribution in [2.24, 2.45) is 0 Å². The molecule has 0 saturated carbocycles. The Labute approximate surface area is 121 Å². The third-order valence-electron chi connectivity index (χ3n) is 3.48. The fraction of sp³-hybridized carbons (Fsp3) is 0.125. The molecule has 0 N–H and O–H groups in total. The van der Waals surface area contributed by atoms with Crippen molar-refractivity contribution < 1.29 is 9.66 Å². The number of nitrogens with zero attached hydrogens (tertiary/aromatic N) is 2. The first-order valence-electron chi connectivity index (χ1n) is 6.53.